The number of rotatable bonds is 7. The topological polar surface area (TPSA) is 62.3 Å². The van der Waals surface area contributed by atoms with E-state index in [2.05, 4.69) is 33.9 Å². The molecule has 166 valence electrons. The Hall–Kier alpha value is -2.99. The number of thiophene rings is 1. The standard InChI is InChI=1S/C26H29N3O2S/c1-19(2)28-25(31)26(16-21-8-3-4-9-22(21)23-10-6-14-32-23)11-13-29(18-26)24(30)15-20-7-5-12-27-17-20/h3-10,12,14,17,19H,11,13,15-16,18H2,1-2H3,(H,28,31). The van der Waals surface area contributed by atoms with Gasteiger partial charge in [-0.2, -0.15) is 0 Å². The molecule has 2 aromatic heterocycles. The Balaban J connectivity index is 1.59. The summed E-state index contributed by atoms with van der Waals surface area (Å²) in [5, 5.41) is 5.20. The van der Waals surface area contributed by atoms with Crippen LogP contribution >= 0.6 is 11.3 Å². The van der Waals surface area contributed by atoms with Gasteiger partial charge in [-0.3, -0.25) is 14.6 Å². The number of hydrogen-bond acceptors (Lipinski definition) is 4. The van der Waals surface area contributed by atoms with Crippen molar-refractivity contribution in [3.05, 3.63) is 77.4 Å². The summed E-state index contributed by atoms with van der Waals surface area (Å²) in [7, 11) is 0. The van der Waals surface area contributed by atoms with Crippen molar-refractivity contribution in [1.82, 2.24) is 15.2 Å². The molecule has 1 atom stereocenters. The van der Waals surface area contributed by atoms with Gasteiger partial charge in [0.05, 0.1) is 11.8 Å². The number of carbonyl (C=O) groups is 2. The number of likely N-dealkylation sites (tertiary alicyclic amines) is 1. The van der Waals surface area contributed by atoms with Crippen molar-refractivity contribution < 1.29 is 9.59 Å². The summed E-state index contributed by atoms with van der Waals surface area (Å²) in [5.74, 6) is 0.0777. The van der Waals surface area contributed by atoms with Gasteiger partial charge in [-0.05, 0) is 60.9 Å². The fourth-order valence-corrected chi connectivity index (χ4v) is 5.20. The minimum Gasteiger partial charge on any atom is -0.353 e. The number of amides is 2. The first-order valence-corrected chi connectivity index (χ1v) is 11.9. The molecule has 1 unspecified atom stereocenters. The van der Waals surface area contributed by atoms with Crippen molar-refractivity contribution in [1.29, 1.82) is 0 Å². The van der Waals surface area contributed by atoms with Gasteiger partial charge in [-0.25, -0.2) is 0 Å². The highest BCUT2D eigenvalue weighted by Gasteiger charge is 2.46. The van der Waals surface area contributed by atoms with Gasteiger partial charge in [0.15, 0.2) is 0 Å². The van der Waals surface area contributed by atoms with Crippen LogP contribution in [-0.2, 0) is 22.4 Å². The van der Waals surface area contributed by atoms with Crippen LogP contribution < -0.4 is 5.32 Å². The van der Waals surface area contributed by atoms with Crippen LogP contribution in [-0.4, -0.2) is 40.8 Å². The molecule has 3 aromatic rings. The maximum Gasteiger partial charge on any atom is 0.228 e. The molecule has 1 saturated heterocycles. The second-order valence-electron chi connectivity index (χ2n) is 8.82. The molecular weight excluding hydrogens is 418 g/mol. The highest BCUT2D eigenvalue weighted by molar-refractivity contribution is 7.13. The third-order valence-corrected chi connectivity index (χ3v) is 6.92. The van der Waals surface area contributed by atoms with Gasteiger partial charge in [-0.15, -0.1) is 11.3 Å². The van der Waals surface area contributed by atoms with E-state index in [4.69, 9.17) is 0 Å². The molecule has 6 heteroatoms. The van der Waals surface area contributed by atoms with E-state index in [1.165, 1.54) is 10.4 Å². The molecule has 3 heterocycles. The van der Waals surface area contributed by atoms with E-state index in [-0.39, 0.29) is 17.9 Å². The summed E-state index contributed by atoms with van der Waals surface area (Å²) in [6, 6.07) is 16.3. The lowest BCUT2D eigenvalue weighted by Crippen LogP contribution is -2.47. The van der Waals surface area contributed by atoms with E-state index in [1.807, 2.05) is 49.1 Å². The van der Waals surface area contributed by atoms with E-state index >= 15 is 0 Å². The van der Waals surface area contributed by atoms with Gasteiger partial charge in [0, 0.05) is 36.4 Å². The lowest BCUT2D eigenvalue weighted by Gasteiger charge is -2.30. The molecule has 1 fully saturated rings. The zero-order valence-electron chi connectivity index (χ0n) is 18.6. The van der Waals surface area contributed by atoms with E-state index in [9.17, 15) is 9.59 Å². The van der Waals surface area contributed by atoms with E-state index < -0.39 is 5.41 Å². The molecule has 4 rings (SSSR count). The van der Waals surface area contributed by atoms with Crippen LogP contribution in [0.15, 0.2) is 66.3 Å². The molecule has 1 aromatic carbocycles. The summed E-state index contributed by atoms with van der Waals surface area (Å²) in [6.45, 7) is 4.98. The fraction of sp³-hybridized carbons (Fsp3) is 0.346. The number of hydrogen-bond donors (Lipinski definition) is 1. The largest absolute Gasteiger partial charge is 0.353 e. The van der Waals surface area contributed by atoms with Crippen molar-refractivity contribution in [3.8, 4) is 10.4 Å². The van der Waals surface area contributed by atoms with Crippen LogP contribution in [0, 0.1) is 5.41 Å². The van der Waals surface area contributed by atoms with E-state index in [1.54, 1.807) is 23.7 Å². The van der Waals surface area contributed by atoms with Crippen LogP contribution in [0.3, 0.4) is 0 Å². The summed E-state index contributed by atoms with van der Waals surface area (Å²) in [6.07, 6.45) is 5.00. The maximum atomic E-state index is 13.4. The molecule has 1 N–H and O–H groups in total. The van der Waals surface area contributed by atoms with Gasteiger partial charge in [0.1, 0.15) is 0 Å². The summed E-state index contributed by atoms with van der Waals surface area (Å²) < 4.78 is 0. The van der Waals surface area contributed by atoms with Gasteiger partial charge < -0.3 is 10.2 Å². The van der Waals surface area contributed by atoms with E-state index in [0.29, 0.717) is 32.4 Å². The second kappa shape index (κ2) is 9.65. The minimum atomic E-state index is -0.637. The van der Waals surface area contributed by atoms with Gasteiger partial charge >= 0.3 is 0 Å². The average molecular weight is 448 g/mol. The number of aromatic nitrogens is 1. The smallest absolute Gasteiger partial charge is 0.228 e. The number of nitrogens with one attached hydrogen (secondary N) is 1. The molecule has 32 heavy (non-hydrogen) atoms. The summed E-state index contributed by atoms with van der Waals surface area (Å²) in [5.41, 5.74) is 2.57. The van der Waals surface area contributed by atoms with Crippen molar-refractivity contribution in [3.63, 3.8) is 0 Å². The Morgan fingerprint density at radius 2 is 2.00 bits per heavy atom. The van der Waals surface area contributed by atoms with Crippen LogP contribution in [0.25, 0.3) is 10.4 Å². The maximum absolute atomic E-state index is 13.4. The fourth-order valence-electron chi connectivity index (χ4n) is 4.41. The molecule has 0 spiro atoms. The molecule has 1 aliphatic rings. The van der Waals surface area contributed by atoms with Crippen molar-refractivity contribution >= 4 is 23.2 Å². The van der Waals surface area contributed by atoms with Crippen LogP contribution in [0.5, 0.6) is 0 Å². The zero-order valence-corrected chi connectivity index (χ0v) is 19.4. The Kier molecular flexibility index (Phi) is 6.70. The molecule has 2 amide bonds. The minimum absolute atomic E-state index is 0.0326. The zero-order chi connectivity index (χ0) is 22.6. The van der Waals surface area contributed by atoms with E-state index in [0.717, 1.165) is 11.1 Å². The van der Waals surface area contributed by atoms with Crippen molar-refractivity contribution in [2.45, 2.75) is 39.2 Å². The lowest BCUT2D eigenvalue weighted by molar-refractivity contribution is -0.133. The van der Waals surface area contributed by atoms with Crippen molar-refractivity contribution in [2.75, 3.05) is 13.1 Å². The molecular formula is C26H29N3O2S. The van der Waals surface area contributed by atoms with Gasteiger partial charge in [-0.1, -0.05) is 36.4 Å². The Morgan fingerprint density at radius 1 is 1.16 bits per heavy atom. The van der Waals surface area contributed by atoms with Crippen LogP contribution in [0.1, 0.15) is 31.4 Å². The Morgan fingerprint density at radius 3 is 2.72 bits per heavy atom. The second-order valence-corrected chi connectivity index (χ2v) is 9.77. The first-order chi connectivity index (χ1) is 15.5. The molecule has 5 nitrogen and oxygen atoms in total. The number of benzene rings is 1. The predicted molar refractivity (Wildman–Crippen MR) is 128 cm³/mol. The number of nitrogens with zero attached hydrogens (tertiary/aromatic N) is 2. The molecule has 0 saturated carbocycles. The SMILES string of the molecule is CC(C)NC(=O)C1(Cc2ccccc2-c2cccs2)CCN(C(=O)Cc2cccnc2)C1. The van der Waals surface area contributed by atoms with Crippen molar-refractivity contribution in [2.24, 2.45) is 5.41 Å². The normalized spacial score (nSPS) is 18.2. The Labute approximate surface area is 193 Å². The number of carbonyl (C=O) groups excluding carboxylic acids is 2. The van der Waals surface area contributed by atoms with Gasteiger partial charge in [0.25, 0.3) is 0 Å². The third-order valence-electron chi connectivity index (χ3n) is 6.02. The molecule has 0 aliphatic carbocycles. The highest BCUT2D eigenvalue weighted by atomic mass is 32.1. The van der Waals surface area contributed by atoms with Crippen LogP contribution in [0.2, 0.25) is 0 Å². The quantitative estimate of drug-likeness (QED) is 0.586. The number of pyridine rings is 1. The Bertz CT molecular complexity index is 1070. The summed E-state index contributed by atoms with van der Waals surface area (Å²) in [4.78, 5) is 33.6. The first-order valence-electron chi connectivity index (χ1n) is 11.1. The van der Waals surface area contributed by atoms with Crippen LogP contribution in [0.4, 0.5) is 0 Å². The lowest BCUT2D eigenvalue weighted by atomic mass is 9.78. The summed E-state index contributed by atoms with van der Waals surface area (Å²) >= 11 is 1.70. The predicted octanol–water partition coefficient (Wildman–Crippen LogP) is 4.34. The monoisotopic (exact) mass is 447 g/mol. The highest BCUT2D eigenvalue weighted by Crippen LogP contribution is 2.38. The molecule has 0 radical (unpaired) electrons. The third kappa shape index (κ3) is 4.91. The molecule has 1 aliphatic heterocycles. The van der Waals surface area contributed by atoms with Gasteiger partial charge in [0.2, 0.25) is 11.8 Å². The first kappa shape index (κ1) is 22.2. The molecule has 0 bridgehead atoms. The average Bonchev–Trinajstić information content (AvgIpc) is 3.46.